The molecule has 2 aromatic rings. The van der Waals surface area contributed by atoms with Crippen LogP contribution in [0.2, 0.25) is 0 Å². The van der Waals surface area contributed by atoms with Gasteiger partial charge in [0.05, 0.1) is 0 Å². The van der Waals surface area contributed by atoms with Gasteiger partial charge < -0.3 is 20.3 Å². The number of rotatable bonds is 2. The number of nitrogens with zero attached hydrogens (tertiary/aromatic N) is 2. The van der Waals surface area contributed by atoms with E-state index < -0.39 is 11.7 Å². The van der Waals surface area contributed by atoms with Crippen molar-refractivity contribution in [1.29, 1.82) is 0 Å². The van der Waals surface area contributed by atoms with Crippen molar-refractivity contribution >= 4 is 17.5 Å². The van der Waals surface area contributed by atoms with Gasteiger partial charge in [0.25, 0.3) is 0 Å². The molecule has 3 aliphatic rings. The summed E-state index contributed by atoms with van der Waals surface area (Å²) in [5, 5.41) is 7.55. The first-order valence-corrected chi connectivity index (χ1v) is 11.8. The second-order valence-electron chi connectivity index (χ2n) is 9.78. The smallest absolute Gasteiger partial charge is 0.591 e. The minimum Gasteiger partial charge on any atom is -0.591 e. The first-order chi connectivity index (χ1) is 15.8. The summed E-state index contributed by atoms with van der Waals surface area (Å²) in [4.78, 5) is 14.3. The van der Waals surface area contributed by atoms with Crippen LogP contribution in [-0.4, -0.2) is 24.8 Å². The fraction of sp³-hybridized carbons (Fsp3) is 0.393. The normalized spacial score (nSPS) is 17.3. The van der Waals surface area contributed by atoms with Crippen molar-refractivity contribution in [2.24, 2.45) is 0 Å². The van der Waals surface area contributed by atoms with Crippen LogP contribution < -0.4 is 10.2 Å². The summed E-state index contributed by atoms with van der Waals surface area (Å²) < 4.78 is 5.34. The maximum Gasteiger partial charge on any atom is 1.00 e. The van der Waals surface area contributed by atoms with E-state index in [1.54, 1.807) is 0 Å². The van der Waals surface area contributed by atoms with Crippen LogP contribution in [0.3, 0.4) is 0 Å². The molecule has 0 aromatic heterocycles. The van der Waals surface area contributed by atoms with Crippen LogP contribution in [0.15, 0.2) is 71.6 Å². The van der Waals surface area contributed by atoms with Crippen molar-refractivity contribution in [1.82, 2.24) is 0 Å². The van der Waals surface area contributed by atoms with Crippen LogP contribution in [0.25, 0.3) is 5.32 Å². The molecule has 0 bridgehead atoms. The van der Waals surface area contributed by atoms with Crippen molar-refractivity contribution in [2.75, 3.05) is 23.3 Å². The van der Waals surface area contributed by atoms with Gasteiger partial charge in [0.2, 0.25) is 6.09 Å². The SMILES string of the molecule is CC1=C([N-]C(=O)OC(C)(C)C)/C(=C/N2CCc3ccccc32)CC1.[Os+].c1ccc2c(c1)CCN2. The van der Waals surface area contributed by atoms with Crippen LogP contribution in [-0.2, 0) is 37.4 Å². The Labute approximate surface area is 216 Å². The van der Waals surface area contributed by atoms with E-state index in [2.05, 4.69) is 70.3 Å². The summed E-state index contributed by atoms with van der Waals surface area (Å²) in [7, 11) is 0. The molecule has 0 saturated carbocycles. The number of anilines is 2. The van der Waals surface area contributed by atoms with Crippen LogP contribution in [0.1, 0.15) is 51.7 Å². The standard InChI is InChI=1S/C20H26N2O2.C8H9N.Os/c1-14-9-10-16(18(14)21-19(23)24-20(2,3)4)13-22-12-11-15-7-5-6-8-17(15)22;1-2-4-8-7(3-1)5-6-9-8;/h5-8,13H,9-12H2,1-4H3,(H,21,23);1-4,9H,5-6H2;/q;;+1/p-1/b16-13+;;. The summed E-state index contributed by atoms with van der Waals surface area (Å²) >= 11 is 0. The van der Waals surface area contributed by atoms with E-state index in [1.165, 1.54) is 28.9 Å². The maximum absolute atomic E-state index is 12.1. The van der Waals surface area contributed by atoms with E-state index in [0.29, 0.717) is 0 Å². The average molecular weight is 635 g/mol. The average Bonchev–Trinajstić information content (AvgIpc) is 3.48. The number of ether oxygens (including phenoxy) is 1. The van der Waals surface area contributed by atoms with Crippen molar-refractivity contribution in [3.05, 3.63) is 88.0 Å². The molecule has 0 spiro atoms. The first-order valence-electron chi connectivity index (χ1n) is 11.8. The molecule has 6 heteroatoms. The predicted molar refractivity (Wildman–Crippen MR) is 136 cm³/mol. The monoisotopic (exact) mass is 636 g/mol. The third kappa shape index (κ3) is 6.51. The Balaban J connectivity index is 0.000000270. The Morgan fingerprint density at radius 1 is 1.00 bits per heavy atom. The van der Waals surface area contributed by atoms with Gasteiger partial charge in [-0.3, -0.25) is 4.79 Å². The molecule has 0 atom stereocenters. The molecule has 1 radical (unpaired) electrons. The number of para-hydroxylation sites is 2. The van der Waals surface area contributed by atoms with Gasteiger partial charge in [-0.25, -0.2) is 0 Å². The molecule has 1 amide bonds. The summed E-state index contributed by atoms with van der Waals surface area (Å²) in [6.45, 7) is 9.69. The minimum atomic E-state index is -0.522. The Kier molecular flexibility index (Phi) is 8.60. The molecule has 2 heterocycles. The zero-order valence-electron chi connectivity index (χ0n) is 20.5. The van der Waals surface area contributed by atoms with E-state index in [0.717, 1.165) is 49.2 Å². The zero-order chi connectivity index (χ0) is 23.4. The summed E-state index contributed by atoms with van der Waals surface area (Å²) in [6, 6.07) is 16.9. The molecule has 5 nitrogen and oxygen atoms in total. The molecule has 1 aliphatic carbocycles. The zero-order valence-corrected chi connectivity index (χ0v) is 23.0. The van der Waals surface area contributed by atoms with Crippen LogP contribution in [0, 0.1) is 0 Å². The predicted octanol–water partition coefficient (Wildman–Crippen LogP) is 6.96. The summed E-state index contributed by atoms with van der Waals surface area (Å²) in [6.07, 6.45) is 5.77. The summed E-state index contributed by atoms with van der Waals surface area (Å²) in [5.41, 5.74) is 7.95. The second-order valence-corrected chi connectivity index (χ2v) is 9.78. The number of carbonyl (C=O) groups excluding carboxylic acids is 1. The Bertz CT molecular complexity index is 1060. The number of benzene rings is 2. The van der Waals surface area contributed by atoms with Gasteiger partial charge >= 0.3 is 19.8 Å². The van der Waals surface area contributed by atoms with Gasteiger partial charge in [0.1, 0.15) is 5.60 Å². The first kappa shape index (κ1) is 26.0. The molecule has 2 aliphatic heterocycles. The van der Waals surface area contributed by atoms with Gasteiger partial charge in [-0.2, -0.15) is 0 Å². The molecular weight excluding hydrogens is 601 g/mol. The molecule has 2 aromatic carbocycles. The minimum absolute atomic E-state index is 0. The molecule has 1 N–H and O–H groups in total. The molecule has 181 valence electrons. The molecule has 5 rings (SSSR count). The van der Waals surface area contributed by atoms with E-state index in [1.807, 2.05) is 27.7 Å². The van der Waals surface area contributed by atoms with E-state index in [4.69, 9.17) is 4.74 Å². The molecule has 34 heavy (non-hydrogen) atoms. The number of nitrogens with one attached hydrogen (secondary N) is 1. The van der Waals surface area contributed by atoms with E-state index >= 15 is 0 Å². The van der Waals surface area contributed by atoms with Crippen molar-refractivity contribution in [3.63, 3.8) is 0 Å². The Morgan fingerprint density at radius 2 is 1.71 bits per heavy atom. The fourth-order valence-corrected chi connectivity index (χ4v) is 4.43. The van der Waals surface area contributed by atoms with Gasteiger partial charge in [0.15, 0.2) is 0 Å². The fourth-order valence-electron chi connectivity index (χ4n) is 4.43. The largest absolute Gasteiger partial charge is 1.00 e. The number of allylic oxidation sites excluding steroid dienone is 2. The van der Waals surface area contributed by atoms with Crippen LogP contribution in [0.4, 0.5) is 16.2 Å². The van der Waals surface area contributed by atoms with Gasteiger partial charge in [-0.05, 0) is 82.2 Å². The third-order valence-electron chi connectivity index (χ3n) is 6.04. The Hall–Kier alpha value is -2.57. The van der Waals surface area contributed by atoms with Crippen LogP contribution in [0.5, 0.6) is 0 Å². The molecule has 0 fully saturated rings. The topological polar surface area (TPSA) is 55.7 Å². The van der Waals surface area contributed by atoms with E-state index in [-0.39, 0.29) is 19.8 Å². The van der Waals surface area contributed by atoms with Crippen molar-refractivity contribution in [2.45, 2.75) is 59.0 Å². The summed E-state index contributed by atoms with van der Waals surface area (Å²) in [5.74, 6) is 0. The van der Waals surface area contributed by atoms with Gasteiger partial charge in [-0.15, -0.1) is 5.70 Å². The Morgan fingerprint density at radius 3 is 2.44 bits per heavy atom. The number of hydrogen-bond acceptors (Lipinski definition) is 4. The quantitative estimate of drug-likeness (QED) is 0.388. The van der Waals surface area contributed by atoms with Gasteiger partial charge in [-0.1, -0.05) is 42.0 Å². The molecule has 0 saturated heterocycles. The molecular formula is C28H34N3O2Os. The van der Waals surface area contributed by atoms with Crippen molar-refractivity contribution < 1.29 is 29.3 Å². The molecule has 0 unspecified atom stereocenters. The van der Waals surface area contributed by atoms with Gasteiger partial charge in [0, 0.05) is 30.7 Å². The maximum atomic E-state index is 12.1. The number of amides is 1. The number of fused-ring (bicyclic) bond motifs is 2. The number of carbonyl (C=O) groups is 1. The van der Waals surface area contributed by atoms with Crippen LogP contribution >= 0.6 is 0 Å². The third-order valence-corrected chi connectivity index (χ3v) is 6.04. The van der Waals surface area contributed by atoms with E-state index in [9.17, 15) is 4.79 Å². The second kappa shape index (κ2) is 11.2. The van der Waals surface area contributed by atoms with Crippen molar-refractivity contribution in [3.8, 4) is 0 Å². The number of hydrogen-bond donors (Lipinski definition) is 1.